The zero-order chi connectivity index (χ0) is 31.3. The number of hydrogen-bond acceptors (Lipinski definition) is 7. The molecule has 44 heavy (non-hydrogen) atoms. The topological polar surface area (TPSA) is 117 Å². The van der Waals surface area contributed by atoms with Crippen molar-refractivity contribution in [3.05, 3.63) is 83.4 Å². The smallest absolute Gasteiger partial charge is 0.424 e. The summed E-state index contributed by atoms with van der Waals surface area (Å²) in [6, 6.07) is 13.1. The SMILES string of the molecule is N#CC1(CF)COc2c1cc(C(O)(CNC(=O)c1cc(OC3CC3)c3ncccc3c1)C(F)(F)F)nc2-c1ccc(F)cc1. The summed E-state index contributed by atoms with van der Waals surface area (Å²) in [5.41, 5.74) is -6.76. The van der Waals surface area contributed by atoms with E-state index in [2.05, 4.69) is 15.3 Å². The number of ether oxygens (including phenoxy) is 2. The first-order chi connectivity index (χ1) is 21.0. The van der Waals surface area contributed by atoms with E-state index in [4.69, 9.17) is 9.47 Å². The normalized spacial score (nSPS) is 19.0. The molecule has 6 rings (SSSR count). The zero-order valence-electron chi connectivity index (χ0n) is 22.8. The number of nitrogens with one attached hydrogen (secondary N) is 1. The first kappa shape index (κ1) is 29.3. The lowest BCUT2D eigenvalue weighted by Gasteiger charge is -2.31. The van der Waals surface area contributed by atoms with Gasteiger partial charge in [0.2, 0.25) is 5.60 Å². The van der Waals surface area contributed by atoms with Gasteiger partial charge in [0.1, 0.15) is 41.5 Å². The number of hydrogen-bond donors (Lipinski definition) is 2. The van der Waals surface area contributed by atoms with Crippen molar-refractivity contribution in [2.45, 2.75) is 36.1 Å². The molecule has 226 valence electrons. The number of carbonyl (C=O) groups is 1. The van der Waals surface area contributed by atoms with Crippen LogP contribution in [-0.2, 0) is 11.0 Å². The van der Waals surface area contributed by atoms with E-state index in [1.165, 1.54) is 24.3 Å². The Morgan fingerprint density at radius 2 is 1.93 bits per heavy atom. The first-order valence-electron chi connectivity index (χ1n) is 13.5. The van der Waals surface area contributed by atoms with Crippen molar-refractivity contribution in [1.29, 1.82) is 5.26 Å². The van der Waals surface area contributed by atoms with Crippen LogP contribution in [0.25, 0.3) is 22.2 Å². The molecule has 1 aliphatic carbocycles. The average Bonchev–Trinajstić information content (AvgIpc) is 3.76. The molecule has 2 unspecified atom stereocenters. The summed E-state index contributed by atoms with van der Waals surface area (Å²) in [6.07, 6.45) is -2.28. The number of aliphatic hydroxyl groups is 1. The van der Waals surface area contributed by atoms with E-state index in [0.717, 1.165) is 31.0 Å². The summed E-state index contributed by atoms with van der Waals surface area (Å²) in [7, 11) is 0. The van der Waals surface area contributed by atoms with Gasteiger partial charge in [0.25, 0.3) is 5.91 Å². The van der Waals surface area contributed by atoms with E-state index in [1.54, 1.807) is 24.4 Å². The molecular formula is C31H23F5N4O4. The van der Waals surface area contributed by atoms with Crippen LogP contribution in [0.5, 0.6) is 11.5 Å². The lowest BCUT2D eigenvalue weighted by molar-refractivity contribution is -0.265. The number of pyridine rings is 2. The van der Waals surface area contributed by atoms with Crippen molar-refractivity contribution in [3.63, 3.8) is 0 Å². The van der Waals surface area contributed by atoms with Gasteiger partial charge < -0.3 is 19.9 Å². The van der Waals surface area contributed by atoms with Gasteiger partial charge >= 0.3 is 6.18 Å². The molecule has 13 heteroatoms. The van der Waals surface area contributed by atoms with E-state index in [-0.39, 0.29) is 34.2 Å². The molecule has 2 atom stereocenters. The van der Waals surface area contributed by atoms with Crippen molar-refractivity contribution in [3.8, 4) is 28.8 Å². The summed E-state index contributed by atoms with van der Waals surface area (Å²) in [5, 5.41) is 23.7. The Bertz CT molecular complexity index is 1810. The Morgan fingerprint density at radius 1 is 1.18 bits per heavy atom. The highest BCUT2D eigenvalue weighted by Crippen LogP contribution is 2.48. The number of alkyl halides is 4. The van der Waals surface area contributed by atoms with E-state index < -0.39 is 54.4 Å². The average molecular weight is 611 g/mol. The van der Waals surface area contributed by atoms with Gasteiger partial charge in [-0.1, -0.05) is 6.07 Å². The Kier molecular flexibility index (Phi) is 7.12. The minimum absolute atomic E-state index is 0.0334. The second-order valence-electron chi connectivity index (χ2n) is 10.8. The van der Waals surface area contributed by atoms with Gasteiger partial charge in [-0.15, -0.1) is 0 Å². The maximum Gasteiger partial charge on any atom is 0.424 e. The van der Waals surface area contributed by atoms with Crippen LogP contribution < -0.4 is 14.8 Å². The number of nitriles is 1. The number of amides is 1. The van der Waals surface area contributed by atoms with Crippen LogP contribution in [0.1, 0.15) is 34.5 Å². The van der Waals surface area contributed by atoms with Crippen LogP contribution in [0.2, 0.25) is 0 Å². The molecule has 0 saturated heterocycles. The summed E-state index contributed by atoms with van der Waals surface area (Å²) >= 11 is 0. The Balaban J connectivity index is 1.40. The minimum atomic E-state index is -5.40. The molecule has 0 radical (unpaired) electrons. The maximum absolute atomic E-state index is 14.7. The maximum atomic E-state index is 14.7. The number of halogens is 5. The van der Waals surface area contributed by atoms with Gasteiger partial charge in [-0.05, 0) is 61.4 Å². The molecule has 2 aromatic heterocycles. The fraction of sp³-hybridized carbons (Fsp3) is 0.290. The van der Waals surface area contributed by atoms with Crippen LogP contribution in [-0.4, -0.2) is 53.1 Å². The van der Waals surface area contributed by atoms with Crippen LogP contribution in [0.3, 0.4) is 0 Å². The van der Waals surface area contributed by atoms with E-state index in [1.807, 2.05) is 0 Å². The fourth-order valence-electron chi connectivity index (χ4n) is 4.95. The van der Waals surface area contributed by atoms with Crippen molar-refractivity contribution in [2.75, 3.05) is 19.8 Å². The van der Waals surface area contributed by atoms with Crippen molar-refractivity contribution in [1.82, 2.24) is 15.3 Å². The third-order valence-corrected chi connectivity index (χ3v) is 7.66. The quantitative estimate of drug-likeness (QED) is 0.261. The van der Waals surface area contributed by atoms with Crippen LogP contribution in [0.15, 0.2) is 60.8 Å². The highest BCUT2D eigenvalue weighted by molar-refractivity contribution is 6.00. The second kappa shape index (κ2) is 10.7. The van der Waals surface area contributed by atoms with Gasteiger partial charge in [0.15, 0.2) is 5.75 Å². The Morgan fingerprint density at radius 3 is 2.59 bits per heavy atom. The second-order valence-corrected chi connectivity index (χ2v) is 10.8. The van der Waals surface area contributed by atoms with Gasteiger partial charge in [-0.2, -0.15) is 18.4 Å². The molecule has 0 spiro atoms. The summed E-state index contributed by atoms with van der Waals surface area (Å²) < 4.78 is 83.3. The largest absolute Gasteiger partial charge is 0.489 e. The van der Waals surface area contributed by atoms with E-state index in [9.17, 15) is 37.1 Å². The molecule has 4 aromatic rings. The van der Waals surface area contributed by atoms with Gasteiger partial charge in [0, 0.05) is 28.3 Å². The van der Waals surface area contributed by atoms with Gasteiger partial charge in [0.05, 0.1) is 24.4 Å². The number of benzene rings is 2. The lowest BCUT2D eigenvalue weighted by atomic mass is 9.83. The lowest BCUT2D eigenvalue weighted by Crippen LogP contribution is -2.51. The molecule has 2 aromatic carbocycles. The highest BCUT2D eigenvalue weighted by atomic mass is 19.4. The first-order valence-corrected chi connectivity index (χ1v) is 13.5. The molecule has 8 nitrogen and oxygen atoms in total. The summed E-state index contributed by atoms with van der Waals surface area (Å²) in [5.74, 6) is -1.45. The number of rotatable bonds is 8. The number of fused-ring (bicyclic) bond motifs is 2. The van der Waals surface area contributed by atoms with Gasteiger partial charge in [-0.25, -0.2) is 13.8 Å². The predicted molar refractivity (Wildman–Crippen MR) is 146 cm³/mol. The molecule has 1 amide bonds. The molecule has 0 bridgehead atoms. The highest BCUT2D eigenvalue weighted by Gasteiger charge is 2.57. The standard InChI is InChI=1S/C31H23F5N4O4/c32-13-29(14-37)16-43-27-22(29)12-24(40-26(27)17-3-5-20(33)6-4-17)30(42,31(34,35)36)15-39-28(41)19-10-18-2-1-9-38-25(18)23(11-19)44-21-7-8-21/h1-6,9-12,21,42H,7-8,13,15-16H2,(H,39,41). The molecule has 2 aliphatic rings. The molecule has 1 aliphatic heterocycles. The van der Waals surface area contributed by atoms with Crippen LogP contribution in [0, 0.1) is 17.1 Å². The van der Waals surface area contributed by atoms with Crippen molar-refractivity contribution < 1.29 is 41.3 Å². The van der Waals surface area contributed by atoms with E-state index in [0.29, 0.717) is 16.7 Å². The van der Waals surface area contributed by atoms with Crippen molar-refractivity contribution in [2.24, 2.45) is 0 Å². The molecular weight excluding hydrogens is 587 g/mol. The Labute approximate surface area is 247 Å². The summed E-state index contributed by atoms with van der Waals surface area (Å²) in [4.78, 5) is 21.5. The number of aromatic nitrogens is 2. The van der Waals surface area contributed by atoms with Crippen LogP contribution in [0.4, 0.5) is 22.0 Å². The number of nitrogens with zero attached hydrogens (tertiary/aromatic N) is 3. The molecule has 1 fully saturated rings. The monoisotopic (exact) mass is 610 g/mol. The molecule has 3 heterocycles. The minimum Gasteiger partial charge on any atom is -0.489 e. The van der Waals surface area contributed by atoms with Crippen molar-refractivity contribution >= 4 is 16.8 Å². The molecule has 2 N–H and O–H groups in total. The molecule has 1 saturated carbocycles. The summed E-state index contributed by atoms with van der Waals surface area (Å²) in [6.45, 7) is -3.20. The predicted octanol–water partition coefficient (Wildman–Crippen LogP) is 5.28. The fourth-order valence-corrected chi connectivity index (χ4v) is 4.95. The van der Waals surface area contributed by atoms with Gasteiger partial charge in [-0.3, -0.25) is 9.78 Å². The zero-order valence-corrected chi connectivity index (χ0v) is 22.8. The number of carbonyl (C=O) groups excluding carboxylic acids is 1. The van der Waals surface area contributed by atoms with E-state index >= 15 is 0 Å². The third kappa shape index (κ3) is 5.05. The van der Waals surface area contributed by atoms with Crippen LogP contribution >= 0.6 is 0 Å². The Hall–Kier alpha value is -4.83. The third-order valence-electron chi connectivity index (χ3n) is 7.66.